The van der Waals surface area contributed by atoms with Gasteiger partial charge in [-0.3, -0.25) is 0 Å². The molecule has 0 aromatic heterocycles. The third-order valence-corrected chi connectivity index (χ3v) is 7.43. The highest BCUT2D eigenvalue weighted by Crippen LogP contribution is 2.29. The summed E-state index contributed by atoms with van der Waals surface area (Å²) in [5.41, 5.74) is 1.23. The Bertz CT molecular complexity index is 1410. The molecule has 0 bridgehead atoms. The molecule has 244 valence electrons. The Hall–Kier alpha value is -3.57. The molecule has 45 heavy (non-hydrogen) atoms. The standard InChI is InChI=1S/C37H44F4O4/c1-3-5-6-7-8-9-10-12-15-28-17-19-31-25-29(18-20-30(31)24-28)27-44-32-21-22-33(34(38)26-32)36(42)45-35(37(39,40)41)16-13-11-14-23-43-4-2/h17-22,24-26,35H,3-11,13-14,16,23,27H2,1-2H3. The number of ether oxygens (including phenoxy) is 3. The summed E-state index contributed by atoms with van der Waals surface area (Å²) >= 11 is 0. The van der Waals surface area contributed by atoms with Gasteiger partial charge in [0.2, 0.25) is 0 Å². The van der Waals surface area contributed by atoms with E-state index in [0.29, 0.717) is 26.1 Å². The Morgan fingerprint density at radius 2 is 1.58 bits per heavy atom. The van der Waals surface area contributed by atoms with E-state index in [0.717, 1.165) is 46.9 Å². The van der Waals surface area contributed by atoms with Crippen molar-refractivity contribution in [3.05, 3.63) is 77.1 Å². The molecule has 0 saturated carbocycles. The van der Waals surface area contributed by atoms with Crippen molar-refractivity contribution in [1.82, 2.24) is 0 Å². The molecule has 0 amide bonds. The van der Waals surface area contributed by atoms with Crippen LogP contribution in [0, 0.1) is 17.7 Å². The van der Waals surface area contributed by atoms with Gasteiger partial charge in [0.1, 0.15) is 18.2 Å². The zero-order chi connectivity index (χ0) is 32.5. The Morgan fingerprint density at radius 1 is 0.844 bits per heavy atom. The normalized spacial score (nSPS) is 12.0. The fraction of sp³-hybridized carbons (Fsp3) is 0.486. The number of carbonyl (C=O) groups is 1. The molecule has 1 atom stereocenters. The average Bonchev–Trinajstić information content (AvgIpc) is 3.01. The zero-order valence-corrected chi connectivity index (χ0v) is 26.3. The van der Waals surface area contributed by atoms with Gasteiger partial charge in [-0.1, -0.05) is 75.5 Å². The lowest BCUT2D eigenvalue weighted by molar-refractivity contribution is -0.206. The highest BCUT2D eigenvalue weighted by atomic mass is 19.4. The molecule has 0 fully saturated rings. The first kappa shape index (κ1) is 35.9. The van der Waals surface area contributed by atoms with Gasteiger partial charge in [-0.25, -0.2) is 9.18 Å². The summed E-state index contributed by atoms with van der Waals surface area (Å²) in [6, 6.07) is 15.3. The number of hydrogen-bond donors (Lipinski definition) is 0. The molecule has 0 radical (unpaired) electrons. The topological polar surface area (TPSA) is 44.8 Å². The second kappa shape index (κ2) is 19.1. The number of fused-ring (bicyclic) bond motifs is 1. The minimum atomic E-state index is -4.75. The molecule has 0 saturated heterocycles. The van der Waals surface area contributed by atoms with E-state index in [2.05, 4.69) is 18.8 Å². The number of benzene rings is 3. The molecule has 0 spiro atoms. The monoisotopic (exact) mass is 628 g/mol. The summed E-state index contributed by atoms with van der Waals surface area (Å²) in [5.74, 6) is 4.28. The first-order valence-electron chi connectivity index (χ1n) is 16.0. The van der Waals surface area contributed by atoms with Crippen molar-refractivity contribution in [2.75, 3.05) is 13.2 Å². The van der Waals surface area contributed by atoms with Crippen LogP contribution in [0.5, 0.6) is 5.75 Å². The van der Waals surface area contributed by atoms with Crippen molar-refractivity contribution in [2.24, 2.45) is 0 Å². The van der Waals surface area contributed by atoms with E-state index in [1.54, 1.807) is 0 Å². The molecule has 0 N–H and O–H groups in total. The van der Waals surface area contributed by atoms with Gasteiger partial charge in [0.05, 0.1) is 5.56 Å². The van der Waals surface area contributed by atoms with Crippen LogP contribution < -0.4 is 4.74 Å². The molecule has 0 heterocycles. The van der Waals surface area contributed by atoms with Crippen molar-refractivity contribution in [3.8, 4) is 17.6 Å². The molecule has 0 aliphatic carbocycles. The fourth-order valence-corrected chi connectivity index (χ4v) is 4.88. The van der Waals surface area contributed by atoms with Crippen molar-refractivity contribution in [1.29, 1.82) is 0 Å². The van der Waals surface area contributed by atoms with Crippen LogP contribution in [0.1, 0.15) is 106 Å². The number of carbonyl (C=O) groups excluding carboxylic acids is 1. The van der Waals surface area contributed by atoms with Crippen LogP contribution in [0.25, 0.3) is 10.8 Å². The van der Waals surface area contributed by atoms with E-state index >= 15 is 0 Å². The highest BCUT2D eigenvalue weighted by molar-refractivity contribution is 5.90. The molecular formula is C37H44F4O4. The van der Waals surface area contributed by atoms with Gasteiger partial charge in [0.15, 0.2) is 6.10 Å². The molecule has 1 unspecified atom stereocenters. The Labute approximate surface area is 264 Å². The van der Waals surface area contributed by atoms with Gasteiger partial charge < -0.3 is 14.2 Å². The molecule has 3 aromatic rings. The van der Waals surface area contributed by atoms with Crippen LogP contribution in [0.4, 0.5) is 17.6 Å². The third kappa shape index (κ3) is 12.8. The summed E-state index contributed by atoms with van der Waals surface area (Å²) in [6.45, 7) is 5.19. The minimum absolute atomic E-state index is 0.137. The molecule has 0 aliphatic rings. The number of halogens is 4. The largest absolute Gasteiger partial charge is 0.489 e. The number of hydrogen-bond acceptors (Lipinski definition) is 4. The molecule has 8 heteroatoms. The number of esters is 1. The number of unbranched alkanes of at least 4 members (excludes halogenated alkanes) is 8. The quantitative estimate of drug-likeness (QED) is 0.0609. The molecule has 3 aromatic carbocycles. The Kier molecular flexibility index (Phi) is 15.2. The van der Waals surface area contributed by atoms with Crippen LogP contribution in [0.2, 0.25) is 0 Å². The maximum atomic E-state index is 14.8. The van der Waals surface area contributed by atoms with Gasteiger partial charge in [-0.2, -0.15) is 13.2 Å². The van der Waals surface area contributed by atoms with Gasteiger partial charge in [-0.15, -0.1) is 0 Å². The predicted octanol–water partition coefficient (Wildman–Crippen LogP) is 10.3. The summed E-state index contributed by atoms with van der Waals surface area (Å²) in [4.78, 5) is 12.4. The summed E-state index contributed by atoms with van der Waals surface area (Å²) in [5, 5.41) is 2.05. The SMILES string of the molecule is CCCCCCCCC#Cc1ccc2cc(COc3ccc(C(=O)OC(CCCCCOCC)C(F)(F)F)c(F)c3)ccc2c1. The lowest BCUT2D eigenvalue weighted by Crippen LogP contribution is -2.34. The van der Waals surface area contributed by atoms with Crippen molar-refractivity contribution in [3.63, 3.8) is 0 Å². The maximum Gasteiger partial charge on any atom is 0.425 e. The molecule has 0 aliphatic heterocycles. The summed E-state index contributed by atoms with van der Waals surface area (Å²) in [7, 11) is 0. The van der Waals surface area contributed by atoms with E-state index in [4.69, 9.17) is 14.2 Å². The minimum Gasteiger partial charge on any atom is -0.489 e. The van der Waals surface area contributed by atoms with Crippen LogP contribution in [0.3, 0.4) is 0 Å². The lowest BCUT2D eigenvalue weighted by atomic mass is 10.0. The van der Waals surface area contributed by atoms with Crippen LogP contribution in [0.15, 0.2) is 54.6 Å². The van der Waals surface area contributed by atoms with E-state index < -0.39 is 36.1 Å². The number of alkyl halides is 3. The summed E-state index contributed by atoms with van der Waals surface area (Å²) in [6.07, 6.45) is 2.20. The van der Waals surface area contributed by atoms with Crippen molar-refractivity contribution < 1.29 is 36.6 Å². The lowest BCUT2D eigenvalue weighted by Gasteiger charge is -2.21. The first-order valence-corrected chi connectivity index (χ1v) is 16.0. The second-order valence-electron chi connectivity index (χ2n) is 11.1. The van der Waals surface area contributed by atoms with Gasteiger partial charge >= 0.3 is 12.1 Å². The average molecular weight is 629 g/mol. The Balaban J connectivity index is 1.52. The van der Waals surface area contributed by atoms with Crippen LogP contribution in [-0.4, -0.2) is 31.5 Å². The Morgan fingerprint density at radius 3 is 2.33 bits per heavy atom. The number of rotatable bonds is 18. The van der Waals surface area contributed by atoms with E-state index in [9.17, 15) is 22.4 Å². The zero-order valence-electron chi connectivity index (χ0n) is 26.3. The van der Waals surface area contributed by atoms with Crippen molar-refractivity contribution in [2.45, 2.75) is 103 Å². The fourth-order valence-electron chi connectivity index (χ4n) is 4.88. The second-order valence-corrected chi connectivity index (χ2v) is 11.1. The summed E-state index contributed by atoms with van der Waals surface area (Å²) < 4.78 is 70.7. The van der Waals surface area contributed by atoms with Crippen LogP contribution >= 0.6 is 0 Å². The highest BCUT2D eigenvalue weighted by Gasteiger charge is 2.42. The van der Waals surface area contributed by atoms with Crippen molar-refractivity contribution >= 4 is 16.7 Å². The van der Waals surface area contributed by atoms with Gasteiger partial charge in [0.25, 0.3) is 0 Å². The first-order chi connectivity index (χ1) is 21.7. The van der Waals surface area contributed by atoms with Crippen LogP contribution in [-0.2, 0) is 16.1 Å². The molecular weight excluding hydrogens is 584 g/mol. The van der Waals surface area contributed by atoms with E-state index in [-0.39, 0.29) is 18.8 Å². The smallest absolute Gasteiger partial charge is 0.425 e. The van der Waals surface area contributed by atoms with Gasteiger partial charge in [-0.05, 0) is 79.3 Å². The maximum absolute atomic E-state index is 14.8. The molecule has 3 rings (SSSR count). The predicted molar refractivity (Wildman–Crippen MR) is 170 cm³/mol. The molecule has 4 nitrogen and oxygen atoms in total. The van der Waals surface area contributed by atoms with E-state index in [1.807, 2.05) is 43.3 Å². The van der Waals surface area contributed by atoms with E-state index in [1.165, 1.54) is 38.2 Å². The van der Waals surface area contributed by atoms with Gasteiger partial charge in [0, 0.05) is 31.3 Å². The third-order valence-electron chi connectivity index (χ3n) is 7.43.